The van der Waals surface area contributed by atoms with Crippen LogP contribution in [0.1, 0.15) is 20.8 Å². The predicted molar refractivity (Wildman–Crippen MR) is 86.5 cm³/mol. The molecule has 1 aliphatic rings. The number of halogens is 1. The third kappa shape index (κ3) is 3.82. The van der Waals surface area contributed by atoms with Gasteiger partial charge in [-0.3, -0.25) is 4.79 Å². The third-order valence-corrected chi connectivity index (χ3v) is 3.37. The average molecular weight is 326 g/mol. The van der Waals surface area contributed by atoms with Gasteiger partial charge in [-0.1, -0.05) is 11.6 Å². The van der Waals surface area contributed by atoms with Gasteiger partial charge in [-0.05, 0) is 39.0 Å². The summed E-state index contributed by atoms with van der Waals surface area (Å²) in [6, 6.07) is 4.51. The van der Waals surface area contributed by atoms with Crippen LogP contribution in [-0.4, -0.2) is 37.2 Å². The van der Waals surface area contributed by atoms with E-state index in [0.717, 1.165) is 5.69 Å². The smallest absolute Gasteiger partial charge is 0.408 e. The molecule has 0 radical (unpaired) electrons. The summed E-state index contributed by atoms with van der Waals surface area (Å²) in [5.41, 5.74) is 0.841. The Bertz CT molecular complexity index is 598. The van der Waals surface area contributed by atoms with Crippen LogP contribution in [0.15, 0.2) is 18.2 Å². The van der Waals surface area contributed by atoms with Crippen LogP contribution in [0, 0.1) is 0 Å². The molecule has 0 saturated carbocycles. The molecular weight excluding hydrogens is 306 g/mol. The van der Waals surface area contributed by atoms with Gasteiger partial charge in [0.1, 0.15) is 11.6 Å². The number of hydrogen-bond acceptors (Lipinski definition) is 4. The summed E-state index contributed by atoms with van der Waals surface area (Å²) in [4.78, 5) is 25.8. The third-order valence-electron chi connectivity index (χ3n) is 3.14. The molecule has 7 heteroatoms. The Morgan fingerprint density at radius 3 is 2.77 bits per heavy atom. The van der Waals surface area contributed by atoms with E-state index in [4.69, 9.17) is 16.3 Å². The average Bonchev–Trinajstić information content (AvgIpc) is 2.49. The number of carbonyl (C=O) groups is 2. The molecule has 2 N–H and O–H groups in total. The van der Waals surface area contributed by atoms with Crippen molar-refractivity contribution in [2.75, 3.05) is 23.8 Å². The van der Waals surface area contributed by atoms with Crippen LogP contribution in [-0.2, 0) is 9.53 Å². The van der Waals surface area contributed by atoms with Gasteiger partial charge in [0, 0.05) is 18.6 Å². The second kappa shape index (κ2) is 6.04. The lowest BCUT2D eigenvalue weighted by atomic mass is 10.2. The standard InChI is InChI=1S/C15H20ClN3O3/c1-15(2,3)22-14(21)18-11-8-17-10-7-9(16)5-6-12(10)19(4)13(11)20/h5-7,11,17H,8H2,1-4H3,(H,18,21)/t11-/m1/s1. The number of anilines is 2. The summed E-state index contributed by atoms with van der Waals surface area (Å²) in [7, 11) is 1.66. The molecule has 0 aromatic heterocycles. The van der Waals surface area contributed by atoms with Crippen LogP contribution >= 0.6 is 11.6 Å². The fraction of sp³-hybridized carbons (Fsp3) is 0.467. The van der Waals surface area contributed by atoms with Gasteiger partial charge in [0.2, 0.25) is 0 Å². The number of ether oxygens (including phenoxy) is 1. The highest BCUT2D eigenvalue weighted by Gasteiger charge is 2.30. The normalized spacial score (nSPS) is 18.1. The summed E-state index contributed by atoms with van der Waals surface area (Å²) in [5, 5.41) is 6.30. The second-order valence-corrected chi connectivity index (χ2v) is 6.57. The summed E-state index contributed by atoms with van der Waals surface area (Å²) >= 11 is 5.97. The minimum absolute atomic E-state index is 0.223. The molecule has 1 aromatic carbocycles. The number of likely N-dealkylation sites (N-methyl/N-ethyl adjacent to an activating group) is 1. The molecule has 22 heavy (non-hydrogen) atoms. The van der Waals surface area contributed by atoms with Gasteiger partial charge >= 0.3 is 6.09 Å². The van der Waals surface area contributed by atoms with Gasteiger partial charge in [-0.15, -0.1) is 0 Å². The number of hydrogen-bond donors (Lipinski definition) is 2. The molecular formula is C15H20ClN3O3. The zero-order valence-corrected chi connectivity index (χ0v) is 13.8. The lowest BCUT2D eigenvalue weighted by molar-refractivity contribution is -0.120. The topological polar surface area (TPSA) is 70.7 Å². The largest absolute Gasteiger partial charge is 0.444 e. The Morgan fingerprint density at radius 2 is 2.14 bits per heavy atom. The first kappa shape index (κ1) is 16.4. The highest BCUT2D eigenvalue weighted by molar-refractivity contribution is 6.31. The van der Waals surface area contributed by atoms with Crippen molar-refractivity contribution in [3.8, 4) is 0 Å². The molecule has 2 amide bonds. The first-order chi connectivity index (χ1) is 10.2. The monoisotopic (exact) mass is 325 g/mol. The first-order valence-corrected chi connectivity index (χ1v) is 7.36. The van der Waals surface area contributed by atoms with Crippen molar-refractivity contribution in [2.24, 2.45) is 0 Å². The number of nitrogens with one attached hydrogen (secondary N) is 2. The van der Waals surface area contributed by atoms with Crippen LogP contribution in [0.3, 0.4) is 0 Å². The summed E-state index contributed by atoms with van der Waals surface area (Å²) < 4.78 is 5.19. The fourth-order valence-electron chi connectivity index (χ4n) is 2.16. The Kier molecular flexibility index (Phi) is 4.51. The zero-order valence-electron chi connectivity index (χ0n) is 13.1. The number of nitrogens with zero attached hydrogens (tertiary/aromatic N) is 1. The van der Waals surface area contributed by atoms with Crippen molar-refractivity contribution >= 4 is 35.0 Å². The summed E-state index contributed by atoms with van der Waals surface area (Å²) in [6.45, 7) is 5.56. The highest BCUT2D eigenvalue weighted by atomic mass is 35.5. The van der Waals surface area contributed by atoms with Gasteiger partial charge < -0.3 is 20.3 Å². The van der Waals surface area contributed by atoms with E-state index in [2.05, 4.69) is 10.6 Å². The van der Waals surface area contributed by atoms with E-state index >= 15 is 0 Å². The maximum absolute atomic E-state index is 12.5. The number of carbonyl (C=O) groups excluding carboxylic acids is 2. The molecule has 0 saturated heterocycles. The lowest BCUT2D eigenvalue weighted by Crippen LogP contribution is -2.50. The van der Waals surface area contributed by atoms with Crippen LogP contribution in [0.5, 0.6) is 0 Å². The SMILES string of the molecule is CN1C(=O)[C@H](NC(=O)OC(C)(C)C)CNc2cc(Cl)ccc21. The fourth-order valence-corrected chi connectivity index (χ4v) is 2.33. The molecule has 120 valence electrons. The van der Waals surface area contributed by atoms with Crippen molar-refractivity contribution in [1.29, 1.82) is 0 Å². The summed E-state index contributed by atoms with van der Waals surface area (Å²) in [6.07, 6.45) is -0.620. The van der Waals surface area contributed by atoms with Crippen molar-refractivity contribution in [3.05, 3.63) is 23.2 Å². The Hall–Kier alpha value is -1.95. The van der Waals surface area contributed by atoms with Gasteiger partial charge in [-0.2, -0.15) is 0 Å². The molecule has 0 unspecified atom stereocenters. The molecule has 1 heterocycles. The molecule has 1 aliphatic heterocycles. The van der Waals surface area contributed by atoms with Crippen molar-refractivity contribution in [3.63, 3.8) is 0 Å². The van der Waals surface area contributed by atoms with E-state index < -0.39 is 17.7 Å². The second-order valence-electron chi connectivity index (χ2n) is 6.14. The molecule has 0 spiro atoms. The summed E-state index contributed by atoms with van der Waals surface area (Å²) in [5.74, 6) is -0.223. The van der Waals surface area contributed by atoms with Crippen molar-refractivity contribution in [2.45, 2.75) is 32.4 Å². The van der Waals surface area contributed by atoms with Crippen molar-refractivity contribution in [1.82, 2.24) is 5.32 Å². The predicted octanol–water partition coefficient (Wildman–Crippen LogP) is 2.62. The van der Waals surface area contributed by atoms with E-state index in [1.165, 1.54) is 4.90 Å². The Morgan fingerprint density at radius 1 is 1.45 bits per heavy atom. The molecule has 0 aliphatic carbocycles. The minimum atomic E-state index is -0.717. The Balaban J connectivity index is 2.14. The quantitative estimate of drug-likeness (QED) is 0.832. The molecule has 1 aromatic rings. The van der Waals surface area contributed by atoms with Crippen LogP contribution in [0.25, 0.3) is 0 Å². The zero-order chi connectivity index (χ0) is 16.5. The lowest BCUT2D eigenvalue weighted by Gasteiger charge is -2.24. The molecule has 0 fully saturated rings. The number of fused-ring (bicyclic) bond motifs is 1. The first-order valence-electron chi connectivity index (χ1n) is 6.98. The number of rotatable bonds is 1. The maximum atomic E-state index is 12.5. The number of amides is 2. The van der Waals surface area contributed by atoms with Crippen molar-refractivity contribution < 1.29 is 14.3 Å². The van der Waals surface area contributed by atoms with E-state index in [0.29, 0.717) is 10.7 Å². The van der Waals surface area contributed by atoms with Gasteiger partial charge in [0.15, 0.2) is 0 Å². The van der Waals surface area contributed by atoms with Gasteiger partial charge in [0.25, 0.3) is 5.91 Å². The molecule has 2 rings (SSSR count). The Labute approximate surface area is 134 Å². The van der Waals surface area contributed by atoms with Crippen LogP contribution < -0.4 is 15.5 Å². The van der Waals surface area contributed by atoms with Gasteiger partial charge in [-0.25, -0.2) is 4.79 Å². The number of benzene rings is 1. The van der Waals surface area contributed by atoms with Crippen LogP contribution in [0.2, 0.25) is 5.02 Å². The minimum Gasteiger partial charge on any atom is -0.444 e. The van der Waals surface area contributed by atoms with E-state index in [-0.39, 0.29) is 12.5 Å². The molecule has 0 bridgehead atoms. The highest BCUT2D eigenvalue weighted by Crippen LogP contribution is 2.30. The van der Waals surface area contributed by atoms with E-state index in [1.807, 2.05) is 0 Å². The molecule has 1 atom stereocenters. The maximum Gasteiger partial charge on any atom is 0.408 e. The van der Waals surface area contributed by atoms with Crippen LogP contribution in [0.4, 0.5) is 16.2 Å². The van der Waals surface area contributed by atoms with E-state index in [1.54, 1.807) is 46.0 Å². The van der Waals surface area contributed by atoms with E-state index in [9.17, 15) is 9.59 Å². The molecule has 6 nitrogen and oxygen atoms in total. The number of alkyl carbamates (subject to hydrolysis) is 1. The van der Waals surface area contributed by atoms with Gasteiger partial charge in [0.05, 0.1) is 11.4 Å².